The summed E-state index contributed by atoms with van der Waals surface area (Å²) in [5.41, 5.74) is 2.64. The summed E-state index contributed by atoms with van der Waals surface area (Å²) in [5, 5.41) is 3.29. The van der Waals surface area contributed by atoms with Crippen molar-refractivity contribution in [1.29, 1.82) is 0 Å². The second kappa shape index (κ2) is 8.86. The van der Waals surface area contributed by atoms with Crippen LogP contribution in [0.1, 0.15) is 21.5 Å². The van der Waals surface area contributed by atoms with Crippen molar-refractivity contribution in [3.63, 3.8) is 0 Å². The SMILES string of the molecule is Cc1ccc(C)c(NS(=O)(=O)c2cc(C(=O)Nc3ccc(Cl)c(Cl)c3)ccc2Cl)c1. The third-order valence-electron chi connectivity index (χ3n) is 4.30. The predicted octanol–water partition coefficient (Wildman–Crippen LogP) is 6.32. The van der Waals surface area contributed by atoms with Crippen molar-refractivity contribution in [1.82, 2.24) is 0 Å². The van der Waals surface area contributed by atoms with E-state index in [1.165, 1.54) is 24.3 Å². The monoisotopic (exact) mass is 482 g/mol. The summed E-state index contributed by atoms with van der Waals surface area (Å²) in [5.74, 6) is -0.520. The lowest BCUT2D eigenvalue weighted by atomic mass is 10.1. The molecule has 2 N–H and O–H groups in total. The molecule has 0 aromatic heterocycles. The van der Waals surface area contributed by atoms with Gasteiger partial charge in [-0.05, 0) is 67.4 Å². The van der Waals surface area contributed by atoms with Gasteiger partial charge in [0.2, 0.25) is 0 Å². The quantitative estimate of drug-likeness (QED) is 0.446. The Balaban J connectivity index is 1.91. The molecule has 0 fully saturated rings. The number of nitrogens with one attached hydrogen (secondary N) is 2. The van der Waals surface area contributed by atoms with E-state index in [-0.39, 0.29) is 20.5 Å². The summed E-state index contributed by atoms with van der Waals surface area (Å²) >= 11 is 18.0. The average Bonchev–Trinajstić information content (AvgIpc) is 2.67. The van der Waals surface area contributed by atoms with Crippen molar-refractivity contribution < 1.29 is 13.2 Å². The maximum atomic E-state index is 12.9. The minimum Gasteiger partial charge on any atom is -0.322 e. The van der Waals surface area contributed by atoms with Crippen LogP contribution in [-0.2, 0) is 10.0 Å². The zero-order valence-electron chi connectivity index (χ0n) is 16.0. The first-order chi connectivity index (χ1) is 14.1. The largest absolute Gasteiger partial charge is 0.322 e. The lowest BCUT2D eigenvalue weighted by Crippen LogP contribution is -2.17. The van der Waals surface area contributed by atoms with Gasteiger partial charge in [-0.15, -0.1) is 0 Å². The topological polar surface area (TPSA) is 75.3 Å². The molecule has 0 aliphatic heterocycles. The van der Waals surface area contributed by atoms with Crippen molar-refractivity contribution in [3.8, 4) is 0 Å². The Kier molecular flexibility index (Phi) is 6.62. The van der Waals surface area contributed by atoms with Gasteiger partial charge in [0.25, 0.3) is 15.9 Å². The third-order valence-corrected chi connectivity index (χ3v) is 6.88. The number of hydrogen-bond donors (Lipinski definition) is 2. The van der Waals surface area contributed by atoms with Crippen LogP contribution in [0.4, 0.5) is 11.4 Å². The molecule has 0 unspecified atom stereocenters. The number of carbonyl (C=O) groups is 1. The van der Waals surface area contributed by atoms with Gasteiger partial charge in [-0.1, -0.05) is 46.9 Å². The normalized spacial score (nSPS) is 11.2. The van der Waals surface area contributed by atoms with E-state index in [9.17, 15) is 13.2 Å². The zero-order valence-corrected chi connectivity index (χ0v) is 19.0. The minimum atomic E-state index is -4.02. The molecular weight excluding hydrogens is 467 g/mol. The number of carbonyl (C=O) groups excluding carboxylic acids is 1. The number of anilines is 2. The Morgan fingerprint density at radius 2 is 1.53 bits per heavy atom. The summed E-state index contributed by atoms with van der Waals surface area (Å²) < 4.78 is 28.4. The highest BCUT2D eigenvalue weighted by atomic mass is 35.5. The summed E-state index contributed by atoms with van der Waals surface area (Å²) in [4.78, 5) is 12.4. The van der Waals surface area contributed by atoms with Crippen LogP contribution in [0.2, 0.25) is 15.1 Å². The van der Waals surface area contributed by atoms with Crippen molar-refractivity contribution in [2.45, 2.75) is 18.7 Å². The molecule has 156 valence electrons. The highest BCUT2D eigenvalue weighted by Gasteiger charge is 2.21. The van der Waals surface area contributed by atoms with Gasteiger partial charge in [-0.25, -0.2) is 8.42 Å². The van der Waals surface area contributed by atoms with E-state index in [0.29, 0.717) is 16.4 Å². The van der Waals surface area contributed by atoms with Crippen LogP contribution in [0.3, 0.4) is 0 Å². The fourth-order valence-corrected chi connectivity index (χ4v) is 4.62. The number of sulfonamides is 1. The molecule has 0 atom stereocenters. The van der Waals surface area contributed by atoms with Crippen LogP contribution in [0.15, 0.2) is 59.5 Å². The number of halogens is 3. The number of aryl methyl sites for hydroxylation is 2. The summed E-state index contributed by atoms with van der Waals surface area (Å²) in [6.07, 6.45) is 0. The second-order valence-corrected chi connectivity index (χ2v) is 9.52. The number of hydrogen-bond acceptors (Lipinski definition) is 3. The van der Waals surface area contributed by atoms with Crippen LogP contribution in [0, 0.1) is 13.8 Å². The van der Waals surface area contributed by atoms with Gasteiger partial charge in [0.15, 0.2) is 0 Å². The molecule has 3 rings (SSSR count). The van der Waals surface area contributed by atoms with Gasteiger partial charge in [-0.3, -0.25) is 9.52 Å². The molecule has 9 heteroatoms. The molecule has 0 heterocycles. The van der Waals surface area contributed by atoms with Crippen LogP contribution in [-0.4, -0.2) is 14.3 Å². The van der Waals surface area contributed by atoms with E-state index >= 15 is 0 Å². The molecule has 5 nitrogen and oxygen atoms in total. The van der Waals surface area contributed by atoms with E-state index in [0.717, 1.165) is 11.1 Å². The van der Waals surface area contributed by atoms with Crippen molar-refractivity contribution >= 4 is 62.1 Å². The van der Waals surface area contributed by atoms with Gasteiger partial charge >= 0.3 is 0 Å². The molecule has 1 amide bonds. The van der Waals surface area contributed by atoms with Crippen LogP contribution >= 0.6 is 34.8 Å². The molecule has 3 aromatic rings. The predicted molar refractivity (Wildman–Crippen MR) is 123 cm³/mol. The zero-order chi connectivity index (χ0) is 22.1. The molecule has 0 spiro atoms. The summed E-state index contributed by atoms with van der Waals surface area (Å²) in [6, 6.07) is 14.1. The van der Waals surface area contributed by atoms with Crippen LogP contribution in [0.25, 0.3) is 0 Å². The molecule has 0 saturated carbocycles. The Morgan fingerprint density at radius 1 is 0.833 bits per heavy atom. The Morgan fingerprint density at radius 3 is 2.23 bits per heavy atom. The number of benzene rings is 3. The van der Waals surface area contributed by atoms with Gasteiger partial charge in [0.1, 0.15) is 4.90 Å². The maximum absolute atomic E-state index is 12.9. The molecule has 0 aliphatic rings. The first-order valence-electron chi connectivity index (χ1n) is 8.73. The number of amides is 1. The molecular formula is C21H17Cl3N2O3S. The molecule has 0 aliphatic carbocycles. The maximum Gasteiger partial charge on any atom is 0.263 e. The van der Waals surface area contributed by atoms with E-state index in [1.54, 1.807) is 25.1 Å². The number of rotatable bonds is 5. The van der Waals surface area contributed by atoms with Gasteiger partial charge < -0.3 is 5.32 Å². The standard InChI is InChI=1S/C21H17Cl3N2O3S/c1-12-3-4-13(2)19(9-12)26-30(28,29)20-10-14(5-7-17(20)23)21(27)25-15-6-8-16(22)18(24)11-15/h3-11,26H,1-2H3,(H,25,27). The molecule has 0 radical (unpaired) electrons. The Hall–Kier alpha value is -2.25. The smallest absolute Gasteiger partial charge is 0.263 e. The van der Waals surface area contributed by atoms with E-state index in [2.05, 4.69) is 10.0 Å². The fraction of sp³-hybridized carbons (Fsp3) is 0.0952. The summed E-state index contributed by atoms with van der Waals surface area (Å²) in [7, 11) is -4.02. The third kappa shape index (κ3) is 5.08. The van der Waals surface area contributed by atoms with Gasteiger partial charge in [-0.2, -0.15) is 0 Å². The lowest BCUT2D eigenvalue weighted by molar-refractivity contribution is 0.102. The molecule has 30 heavy (non-hydrogen) atoms. The van der Waals surface area contributed by atoms with Crippen molar-refractivity contribution in [3.05, 3.63) is 86.4 Å². The minimum absolute atomic E-state index is 0.00102. The average molecular weight is 484 g/mol. The van der Waals surface area contributed by atoms with Gasteiger partial charge in [0.05, 0.1) is 20.8 Å². The summed E-state index contributed by atoms with van der Waals surface area (Å²) in [6.45, 7) is 3.65. The Bertz CT molecular complexity index is 1240. The first-order valence-corrected chi connectivity index (χ1v) is 11.3. The Labute approximate surface area is 190 Å². The van der Waals surface area contributed by atoms with Crippen LogP contribution < -0.4 is 10.0 Å². The molecule has 0 saturated heterocycles. The van der Waals surface area contributed by atoms with Crippen molar-refractivity contribution in [2.24, 2.45) is 0 Å². The first kappa shape index (κ1) is 22.4. The second-order valence-electron chi connectivity index (χ2n) is 6.65. The highest BCUT2D eigenvalue weighted by molar-refractivity contribution is 7.92. The van der Waals surface area contributed by atoms with E-state index < -0.39 is 15.9 Å². The molecule has 0 bridgehead atoms. The lowest BCUT2D eigenvalue weighted by Gasteiger charge is -2.13. The van der Waals surface area contributed by atoms with Crippen LogP contribution in [0.5, 0.6) is 0 Å². The van der Waals surface area contributed by atoms with Crippen molar-refractivity contribution in [2.75, 3.05) is 10.0 Å². The highest BCUT2D eigenvalue weighted by Crippen LogP contribution is 2.28. The fourth-order valence-electron chi connectivity index (χ4n) is 2.67. The van der Waals surface area contributed by atoms with E-state index in [4.69, 9.17) is 34.8 Å². The van der Waals surface area contributed by atoms with E-state index in [1.807, 2.05) is 19.1 Å². The van der Waals surface area contributed by atoms with Gasteiger partial charge in [0, 0.05) is 11.3 Å². The molecule has 3 aromatic carbocycles.